The van der Waals surface area contributed by atoms with E-state index in [-0.39, 0.29) is 29.6 Å². The molecule has 2 aromatic carbocycles. The molecule has 6 nitrogen and oxygen atoms in total. The Balaban J connectivity index is 1.59. The van der Waals surface area contributed by atoms with Crippen molar-refractivity contribution in [2.24, 2.45) is 0 Å². The molecule has 29 heavy (non-hydrogen) atoms. The summed E-state index contributed by atoms with van der Waals surface area (Å²) in [6.07, 6.45) is 3.81. The number of anilines is 1. The van der Waals surface area contributed by atoms with Crippen LogP contribution in [0.15, 0.2) is 53.4 Å². The van der Waals surface area contributed by atoms with Crippen LogP contribution in [-0.4, -0.2) is 38.3 Å². The van der Waals surface area contributed by atoms with E-state index in [1.807, 2.05) is 0 Å². The monoisotopic (exact) mass is 420 g/mol. The number of benzene rings is 2. The Labute approximate surface area is 170 Å². The molecule has 1 aliphatic rings. The molecule has 0 atom stereocenters. The lowest BCUT2D eigenvalue weighted by molar-refractivity contribution is -0.116. The Hall–Kier alpha value is -2.45. The van der Waals surface area contributed by atoms with Crippen molar-refractivity contribution in [1.29, 1.82) is 0 Å². The smallest absolute Gasteiger partial charge is 0.243 e. The Morgan fingerprint density at radius 1 is 1.03 bits per heavy atom. The Kier molecular flexibility index (Phi) is 7.22. The van der Waals surface area contributed by atoms with Crippen molar-refractivity contribution in [3.63, 3.8) is 0 Å². The molecule has 1 amide bonds. The van der Waals surface area contributed by atoms with E-state index >= 15 is 0 Å². The molecule has 8 heteroatoms. The molecule has 0 spiro atoms. The van der Waals surface area contributed by atoms with Crippen LogP contribution in [0.5, 0.6) is 5.75 Å². The van der Waals surface area contributed by atoms with E-state index in [1.165, 1.54) is 28.6 Å². The minimum Gasteiger partial charge on any atom is -0.490 e. The number of amides is 1. The van der Waals surface area contributed by atoms with Crippen LogP contribution in [0, 0.1) is 5.82 Å². The predicted octanol–water partition coefficient (Wildman–Crippen LogP) is 3.80. The third-order valence-electron chi connectivity index (χ3n) is 4.74. The van der Waals surface area contributed by atoms with Crippen molar-refractivity contribution in [1.82, 2.24) is 4.31 Å². The van der Waals surface area contributed by atoms with Gasteiger partial charge in [-0.05, 0) is 43.2 Å². The van der Waals surface area contributed by atoms with E-state index in [2.05, 4.69) is 5.32 Å². The fourth-order valence-corrected chi connectivity index (χ4v) is 4.77. The summed E-state index contributed by atoms with van der Waals surface area (Å²) < 4.78 is 46.1. The zero-order valence-electron chi connectivity index (χ0n) is 16.1. The van der Waals surface area contributed by atoms with Crippen LogP contribution in [0.2, 0.25) is 0 Å². The summed E-state index contributed by atoms with van der Waals surface area (Å²) in [5, 5.41) is 2.67. The van der Waals surface area contributed by atoms with Gasteiger partial charge in [0.2, 0.25) is 15.9 Å². The molecule has 1 aliphatic heterocycles. The summed E-state index contributed by atoms with van der Waals surface area (Å²) in [7, 11) is -3.59. The second kappa shape index (κ2) is 9.84. The van der Waals surface area contributed by atoms with E-state index in [4.69, 9.17) is 4.74 Å². The van der Waals surface area contributed by atoms with Crippen LogP contribution in [-0.2, 0) is 14.8 Å². The number of hydrogen-bond donors (Lipinski definition) is 1. The highest BCUT2D eigenvalue weighted by Crippen LogP contribution is 2.23. The highest BCUT2D eigenvalue weighted by Gasteiger charge is 2.25. The van der Waals surface area contributed by atoms with Crippen molar-refractivity contribution in [3.05, 3.63) is 54.3 Å². The van der Waals surface area contributed by atoms with Gasteiger partial charge in [0, 0.05) is 18.8 Å². The standard InChI is InChI=1S/C21H25FN2O4S/c22-19-10-3-4-11-20(19)28-15-12-21(25)23-17-8-7-9-18(16-17)29(26,27)24-13-5-1-2-6-14-24/h3-4,7-11,16H,1-2,5-6,12-15H2,(H,23,25). The van der Waals surface area contributed by atoms with E-state index in [0.717, 1.165) is 25.7 Å². The fourth-order valence-electron chi connectivity index (χ4n) is 3.20. The van der Waals surface area contributed by atoms with Gasteiger partial charge in [0.15, 0.2) is 11.6 Å². The van der Waals surface area contributed by atoms with Crippen molar-refractivity contribution in [2.75, 3.05) is 25.0 Å². The topological polar surface area (TPSA) is 75.7 Å². The number of carbonyl (C=O) groups excluding carboxylic acids is 1. The number of para-hydroxylation sites is 1. The molecule has 3 rings (SSSR count). The maximum Gasteiger partial charge on any atom is 0.243 e. The Bertz CT molecular complexity index is 941. The molecule has 1 saturated heterocycles. The second-order valence-corrected chi connectivity index (χ2v) is 8.86. The van der Waals surface area contributed by atoms with Gasteiger partial charge in [-0.3, -0.25) is 4.79 Å². The van der Waals surface area contributed by atoms with Crippen LogP contribution in [0.3, 0.4) is 0 Å². The third kappa shape index (κ3) is 5.77. The molecule has 0 bridgehead atoms. The molecule has 0 aromatic heterocycles. The lowest BCUT2D eigenvalue weighted by Crippen LogP contribution is -2.32. The maximum atomic E-state index is 13.5. The van der Waals surface area contributed by atoms with Crippen LogP contribution >= 0.6 is 0 Å². The number of rotatable bonds is 7. The predicted molar refractivity (Wildman–Crippen MR) is 109 cm³/mol. The Morgan fingerprint density at radius 3 is 2.48 bits per heavy atom. The van der Waals surface area contributed by atoms with Crippen LogP contribution in [0.25, 0.3) is 0 Å². The van der Waals surface area contributed by atoms with Gasteiger partial charge in [-0.25, -0.2) is 12.8 Å². The summed E-state index contributed by atoms with van der Waals surface area (Å²) in [5.41, 5.74) is 0.400. The molecule has 0 saturated carbocycles. The number of ether oxygens (including phenoxy) is 1. The average Bonchev–Trinajstić information content (AvgIpc) is 3.00. The van der Waals surface area contributed by atoms with Crippen molar-refractivity contribution >= 4 is 21.6 Å². The van der Waals surface area contributed by atoms with Gasteiger partial charge in [-0.1, -0.05) is 31.0 Å². The highest BCUT2D eigenvalue weighted by atomic mass is 32.2. The average molecular weight is 421 g/mol. The summed E-state index contributed by atoms with van der Waals surface area (Å²) in [6, 6.07) is 12.2. The van der Waals surface area contributed by atoms with Gasteiger partial charge in [0.25, 0.3) is 0 Å². The van der Waals surface area contributed by atoms with Crippen LogP contribution < -0.4 is 10.1 Å². The SMILES string of the molecule is O=C(CCOc1ccccc1F)Nc1cccc(S(=O)(=O)N2CCCCCC2)c1. The number of nitrogens with one attached hydrogen (secondary N) is 1. The maximum absolute atomic E-state index is 13.5. The number of hydrogen-bond acceptors (Lipinski definition) is 4. The number of sulfonamides is 1. The summed E-state index contributed by atoms with van der Waals surface area (Å²) in [5.74, 6) is -0.740. The molecule has 1 N–H and O–H groups in total. The van der Waals surface area contributed by atoms with Crippen LogP contribution in [0.1, 0.15) is 32.1 Å². The molecule has 0 unspecified atom stereocenters. The van der Waals surface area contributed by atoms with Gasteiger partial charge in [0.1, 0.15) is 0 Å². The first-order valence-electron chi connectivity index (χ1n) is 9.74. The van der Waals surface area contributed by atoms with E-state index in [9.17, 15) is 17.6 Å². The third-order valence-corrected chi connectivity index (χ3v) is 6.64. The molecule has 1 fully saturated rings. The zero-order chi connectivity index (χ0) is 20.7. The fraction of sp³-hybridized carbons (Fsp3) is 0.381. The van der Waals surface area contributed by atoms with Gasteiger partial charge in [-0.2, -0.15) is 4.31 Å². The van der Waals surface area contributed by atoms with E-state index < -0.39 is 15.8 Å². The van der Waals surface area contributed by atoms with Crippen molar-refractivity contribution in [3.8, 4) is 5.75 Å². The first-order valence-corrected chi connectivity index (χ1v) is 11.2. The second-order valence-electron chi connectivity index (χ2n) is 6.92. The minimum atomic E-state index is -3.59. The molecule has 0 aliphatic carbocycles. The van der Waals surface area contributed by atoms with Crippen molar-refractivity contribution in [2.45, 2.75) is 37.0 Å². The molecule has 0 radical (unpaired) electrons. The molecule has 2 aromatic rings. The lowest BCUT2D eigenvalue weighted by atomic mass is 10.2. The summed E-state index contributed by atoms with van der Waals surface area (Å²) in [4.78, 5) is 12.3. The molecular formula is C21H25FN2O4S. The first kappa shape index (κ1) is 21.3. The van der Waals surface area contributed by atoms with Crippen molar-refractivity contribution < 1.29 is 22.3 Å². The zero-order valence-corrected chi connectivity index (χ0v) is 17.0. The lowest BCUT2D eigenvalue weighted by Gasteiger charge is -2.20. The number of carbonyl (C=O) groups is 1. The molecule has 156 valence electrons. The van der Waals surface area contributed by atoms with Gasteiger partial charge in [-0.15, -0.1) is 0 Å². The van der Waals surface area contributed by atoms with Gasteiger partial charge in [0.05, 0.1) is 17.9 Å². The van der Waals surface area contributed by atoms with Gasteiger partial charge < -0.3 is 10.1 Å². The normalized spacial score (nSPS) is 15.5. The van der Waals surface area contributed by atoms with Crippen LogP contribution in [0.4, 0.5) is 10.1 Å². The minimum absolute atomic E-state index is 0.0113. The molecular weight excluding hydrogens is 395 g/mol. The van der Waals surface area contributed by atoms with E-state index in [0.29, 0.717) is 18.8 Å². The summed E-state index contributed by atoms with van der Waals surface area (Å²) in [6.45, 7) is 1.05. The Morgan fingerprint density at radius 2 is 1.76 bits per heavy atom. The highest BCUT2D eigenvalue weighted by molar-refractivity contribution is 7.89. The quantitative estimate of drug-likeness (QED) is 0.739. The number of halogens is 1. The largest absolute Gasteiger partial charge is 0.490 e. The molecule has 1 heterocycles. The first-order chi connectivity index (χ1) is 14.0. The van der Waals surface area contributed by atoms with Gasteiger partial charge >= 0.3 is 0 Å². The number of nitrogens with zero attached hydrogens (tertiary/aromatic N) is 1. The summed E-state index contributed by atoms with van der Waals surface area (Å²) >= 11 is 0. The van der Waals surface area contributed by atoms with E-state index in [1.54, 1.807) is 24.3 Å².